The van der Waals surface area contributed by atoms with Gasteiger partial charge < -0.3 is 5.73 Å². The Morgan fingerprint density at radius 3 is 2.53 bits per heavy atom. The highest BCUT2D eigenvalue weighted by molar-refractivity contribution is 5.61. The maximum atomic E-state index is 12.8. The summed E-state index contributed by atoms with van der Waals surface area (Å²) in [4.78, 5) is 9.72. The van der Waals surface area contributed by atoms with E-state index in [2.05, 4.69) is 0 Å². The lowest BCUT2D eigenvalue weighted by Crippen LogP contribution is -1.97. The third-order valence-electron chi connectivity index (χ3n) is 1.70. The minimum absolute atomic E-state index is 0.00986. The average Bonchev–Trinajstić information content (AvgIpc) is 2.19. The zero-order chi connectivity index (χ0) is 11.4. The van der Waals surface area contributed by atoms with E-state index in [0.29, 0.717) is 6.07 Å². The van der Waals surface area contributed by atoms with Gasteiger partial charge >= 0.3 is 0 Å². The topological polar surface area (TPSA) is 69.2 Å². The number of nitrogens with two attached hydrogens (primary N) is 1. The molecule has 0 bridgehead atoms. The van der Waals surface area contributed by atoms with Gasteiger partial charge in [0.2, 0.25) is 0 Å². The maximum Gasteiger partial charge on any atom is 0.279 e. The molecular weight excluding hydrogens is 206 g/mol. The molecule has 6 heteroatoms. The zero-order valence-corrected chi connectivity index (χ0v) is 7.61. The van der Waals surface area contributed by atoms with Crippen LogP contribution in [-0.2, 0) is 0 Å². The highest BCUT2D eigenvalue weighted by atomic mass is 19.2. The first-order valence-corrected chi connectivity index (χ1v) is 4.06. The van der Waals surface area contributed by atoms with E-state index in [1.165, 1.54) is 12.2 Å². The predicted molar refractivity (Wildman–Crippen MR) is 51.1 cm³/mol. The second-order valence-corrected chi connectivity index (χ2v) is 2.72. The fraction of sp³-hybridized carbons (Fsp3) is 0.111. The van der Waals surface area contributed by atoms with Crippen LogP contribution in [0.2, 0.25) is 0 Å². The van der Waals surface area contributed by atoms with E-state index in [9.17, 15) is 18.9 Å². The highest BCUT2D eigenvalue weighted by Gasteiger charge is 2.16. The fourth-order valence-corrected chi connectivity index (χ4v) is 1.04. The van der Waals surface area contributed by atoms with Crippen molar-refractivity contribution in [2.75, 3.05) is 6.54 Å². The van der Waals surface area contributed by atoms with Gasteiger partial charge in [-0.3, -0.25) is 10.1 Å². The third-order valence-corrected chi connectivity index (χ3v) is 1.70. The van der Waals surface area contributed by atoms with Gasteiger partial charge in [0, 0.05) is 6.54 Å². The van der Waals surface area contributed by atoms with Crippen molar-refractivity contribution in [1.82, 2.24) is 0 Å². The van der Waals surface area contributed by atoms with Crippen LogP contribution in [0.25, 0.3) is 6.08 Å². The van der Waals surface area contributed by atoms with Crippen molar-refractivity contribution in [2.45, 2.75) is 0 Å². The Morgan fingerprint density at radius 1 is 1.40 bits per heavy atom. The van der Waals surface area contributed by atoms with E-state index >= 15 is 0 Å². The highest BCUT2D eigenvalue weighted by Crippen LogP contribution is 2.23. The van der Waals surface area contributed by atoms with E-state index in [-0.39, 0.29) is 12.1 Å². The first-order valence-electron chi connectivity index (χ1n) is 4.06. The van der Waals surface area contributed by atoms with Gasteiger partial charge in [-0.2, -0.15) is 0 Å². The minimum atomic E-state index is -1.24. The molecule has 0 saturated heterocycles. The molecule has 0 fully saturated rings. The second kappa shape index (κ2) is 4.61. The van der Waals surface area contributed by atoms with Crippen molar-refractivity contribution >= 4 is 11.8 Å². The van der Waals surface area contributed by atoms with Crippen LogP contribution < -0.4 is 5.73 Å². The van der Waals surface area contributed by atoms with Gasteiger partial charge in [-0.15, -0.1) is 0 Å². The van der Waals surface area contributed by atoms with Crippen LogP contribution in [0.1, 0.15) is 5.56 Å². The lowest BCUT2D eigenvalue weighted by atomic mass is 10.1. The van der Waals surface area contributed by atoms with E-state index in [4.69, 9.17) is 5.73 Å². The molecule has 1 aromatic rings. The van der Waals surface area contributed by atoms with Crippen LogP contribution >= 0.6 is 0 Å². The summed E-state index contributed by atoms with van der Waals surface area (Å²) in [5, 5.41) is 10.5. The van der Waals surface area contributed by atoms with Crippen molar-refractivity contribution in [1.29, 1.82) is 0 Å². The monoisotopic (exact) mass is 214 g/mol. The van der Waals surface area contributed by atoms with E-state index in [1.54, 1.807) is 0 Å². The molecule has 1 aromatic carbocycles. The SMILES string of the molecule is NCC=Cc1cc(F)c(F)cc1[N+](=O)[O-]. The van der Waals surface area contributed by atoms with Crippen molar-refractivity contribution in [3.8, 4) is 0 Å². The lowest BCUT2D eigenvalue weighted by Gasteiger charge is -1.98. The molecule has 0 aliphatic carbocycles. The van der Waals surface area contributed by atoms with Crippen LogP contribution in [0.4, 0.5) is 14.5 Å². The summed E-state index contributed by atoms with van der Waals surface area (Å²) in [7, 11) is 0. The van der Waals surface area contributed by atoms with Crippen LogP contribution in [0.3, 0.4) is 0 Å². The van der Waals surface area contributed by atoms with Gasteiger partial charge in [-0.1, -0.05) is 12.2 Å². The van der Waals surface area contributed by atoms with Crippen LogP contribution in [0.15, 0.2) is 18.2 Å². The Balaban J connectivity index is 3.28. The number of hydrogen-bond donors (Lipinski definition) is 1. The largest absolute Gasteiger partial charge is 0.327 e. The fourth-order valence-electron chi connectivity index (χ4n) is 1.04. The number of benzene rings is 1. The Morgan fingerprint density at radius 2 is 2.00 bits per heavy atom. The lowest BCUT2D eigenvalue weighted by molar-refractivity contribution is -0.385. The summed E-state index contributed by atoms with van der Waals surface area (Å²) in [5.41, 5.74) is 4.65. The third kappa shape index (κ3) is 2.57. The number of nitrogens with zero attached hydrogens (tertiary/aromatic N) is 1. The molecule has 0 spiro atoms. The molecule has 0 aliphatic rings. The Kier molecular flexibility index (Phi) is 3.46. The molecule has 0 atom stereocenters. The number of hydrogen-bond acceptors (Lipinski definition) is 3. The Hall–Kier alpha value is -1.82. The summed E-state index contributed by atoms with van der Waals surface area (Å²) in [6.07, 6.45) is 2.69. The Labute approximate surface area is 84.2 Å². The van der Waals surface area contributed by atoms with Crippen molar-refractivity contribution in [3.05, 3.63) is 45.5 Å². The number of rotatable bonds is 3. The first kappa shape index (κ1) is 11.3. The quantitative estimate of drug-likeness (QED) is 0.616. The first-order chi connectivity index (χ1) is 7.06. The van der Waals surface area contributed by atoms with E-state index in [1.807, 2.05) is 0 Å². The van der Waals surface area contributed by atoms with Crippen LogP contribution in [0.5, 0.6) is 0 Å². The molecule has 0 amide bonds. The molecule has 4 nitrogen and oxygen atoms in total. The molecule has 0 aliphatic heterocycles. The van der Waals surface area contributed by atoms with Crippen LogP contribution in [0, 0.1) is 21.7 Å². The number of halogens is 2. The van der Waals surface area contributed by atoms with Gasteiger partial charge in [-0.05, 0) is 6.07 Å². The normalized spacial score (nSPS) is 10.9. The molecule has 1 rings (SSSR count). The van der Waals surface area contributed by atoms with E-state index < -0.39 is 22.2 Å². The van der Waals surface area contributed by atoms with Gasteiger partial charge in [0.1, 0.15) is 0 Å². The van der Waals surface area contributed by atoms with Gasteiger partial charge in [0.15, 0.2) is 11.6 Å². The van der Waals surface area contributed by atoms with Gasteiger partial charge in [-0.25, -0.2) is 8.78 Å². The van der Waals surface area contributed by atoms with Gasteiger partial charge in [0.05, 0.1) is 16.6 Å². The summed E-state index contributed by atoms with van der Waals surface area (Å²) in [5.74, 6) is -2.37. The van der Waals surface area contributed by atoms with E-state index in [0.717, 1.165) is 6.07 Å². The van der Waals surface area contributed by atoms with Crippen molar-refractivity contribution in [3.63, 3.8) is 0 Å². The molecule has 0 aromatic heterocycles. The molecule has 2 N–H and O–H groups in total. The van der Waals surface area contributed by atoms with Crippen molar-refractivity contribution in [2.24, 2.45) is 5.73 Å². The molecule has 0 unspecified atom stereocenters. The maximum absolute atomic E-state index is 12.8. The summed E-state index contributed by atoms with van der Waals surface area (Å²) in [6.45, 7) is 0.163. The molecule has 0 saturated carbocycles. The number of nitro benzene ring substituents is 1. The molecule has 80 valence electrons. The molecule has 0 heterocycles. The van der Waals surface area contributed by atoms with Gasteiger partial charge in [0.25, 0.3) is 5.69 Å². The second-order valence-electron chi connectivity index (χ2n) is 2.72. The molecule has 15 heavy (non-hydrogen) atoms. The summed E-state index contributed by atoms with van der Waals surface area (Å²) < 4.78 is 25.5. The number of nitro groups is 1. The summed E-state index contributed by atoms with van der Waals surface area (Å²) in [6, 6.07) is 1.31. The average molecular weight is 214 g/mol. The molecular formula is C9H8F2N2O2. The molecule has 0 radical (unpaired) electrons. The standard InChI is InChI=1S/C9H8F2N2O2/c10-7-4-6(2-1-3-12)9(13(14)15)5-8(7)11/h1-2,4-5H,3,12H2. The zero-order valence-electron chi connectivity index (χ0n) is 7.61. The van der Waals surface area contributed by atoms with Crippen LogP contribution in [-0.4, -0.2) is 11.5 Å². The predicted octanol–water partition coefficient (Wildman–Crippen LogP) is 1.84. The smallest absolute Gasteiger partial charge is 0.279 e. The minimum Gasteiger partial charge on any atom is -0.327 e. The van der Waals surface area contributed by atoms with Crippen molar-refractivity contribution < 1.29 is 13.7 Å². The summed E-state index contributed by atoms with van der Waals surface area (Å²) >= 11 is 0. The Bertz CT molecular complexity index is 419.